The van der Waals surface area contributed by atoms with E-state index >= 15 is 0 Å². The van der Waals surface area contributed by atoms with E-state index in [0.29, 0.717) is 0 Å². The topological polar surface area (TPSA) is 55.1 Å². The molecule has 22 heavy (non-hydrogen) atoms. The standard InChI is InChI=1S/C18H16N2O2/c1-13(17-12-15-4-2-3-5-16(15)22-17)20-18(21)7-6-14-8-10-19-11-9-14/h2-13H,1H3,(H,20,21)/b7-6+. The maximum Gasteiger partial charge on any atom is 0.244 e. The van der Waals surface area contributed by atoms with Crippen molar-refractivity contribution in [3.63, 3.8) is 0 Å². The Balaban J connectivity index is 1.67. The third-order valence-electron chi connectivity index (χ3n) is 3.36. The molecule has 4 nitrogen and oxygen atoms in total. The third kappa shape index (κ3) is 3.23. The number of nitrogens with one attached hydrogen (secondary N) is 1. The lowest BCUT2D eigenvalue weighted by atomic mass is 10.2. The molecule has 4 heteroatoms. The number of hydrogen-bond donors (Lipinski definition) is 1. The van der Waals surface area contributed by atoms with Crippen LogP contribution in [0.4, 0.5) is 0 Å². The van der Waals surface area contributed by atoms with Crippen molar-refractivity contribution in [3.8, 4) is 0 Å². The number of amides is 1. The minimum Gasteiger partial charge on any atom is -0.459 e. The summed E-state index contributed by atoms with van der Waals surface area (Å²) in [6.07, 6.45) is 6.64. The summed E-state index contributed by atoms with van der Waals surface area (Å²) in [5.41, 5.74) is 1.76. The predicted molar refractivity (Wildman–Crippen MR) is 86.0 cm³/mol. The molecular weight excluding hydrogens is 276 g/mol. The van der Waals surface area contributed by atoms with Crippen LogP contribution in [0.25, 0.3) is 17.0 Å². The highest BCUT2D eigenvalue weighted by Gasteiger charge is 2.12. The third-order valence-corrected chi connectivity index (χ3v) is 3.36. The molecular formula is C18H16N2O2. The number of carbonyl (C=O) groups excluding carboxylic acids is 1. The number of nitrogens with zero attached hydrogens (tertiary/aromatic N) is 1. The molecule has 0 fully saturated rings. The maximum atomic E-state index is 12.0. The second-order valence-electron chi connectivity index (χ2n) is 5.03. The lowest BCUT2D eigenvalue weighted by Gasteiger charge is -2.08. The highest BCUT2D eigenvalue weighted by Crippen LogP contribution is 2.23. The van der Waals surface area contributed by atoms with Crippen LogP contribution in [-0.2, 0) is 4.79 Å². The van der Waals surface area contributed by atoms with Gasteiger partial charge in [-0.15, -0.1) is 0 Å². The van der Waals surface area contributed by atoms with Crippen LogP contribution in [0.15, 0.2) is 65.4 Å². The molecule has 1 unspecified atom stereocenters. The SMILES string of the molecule is CC(NC(=O)/C=C/c1ccncc1)c1cc2ccccc2o1. The number of carbonyl (C=O) groups is 1. The Morgan fingerprint density at radius 2 is 2.00 bits per heavy atom. The molecule has 1 aromatic carbocycles. The second kappa shape index (κ2) is 6.26. The summed E-state index contributed by atoms with van der Waals surface area (Å²) in [6.45, 7) is 1.90. The second-order valence-corrected chi connectivity index (χ2v) is 5.03. The van der Waals surface area contributed by atoms with Crippen molar-refractivity contribution in [1.82, 2.24) is 10.3 Å². The summed E-state index contributed by atoms with van der Waals surface area (Å²) < 4.78 is 5.75. The lowest BCUT2D eigenvalue weighted by molar-refractivity contribution is -0.117. The lowest BCUT2D eigenvalue weighted by Crippen LogP contribution is -2.24. The fourth-order valence-electron chi connectivity index (χ4n) is 2.19. The van der Waals surface area contributed by atoms with Gasteiger partial charge in [0, 0.05) is 23.9 Å². The van der Waals surface area contributed by atoms with Gasteiger partial charge in [-0.25, -0.2) is 0 Å². The first-order chi connectivity index (χ1) is 10.7. The van der Waals surface area contributed by atoms with Crippen LogP contribution in [-0.4, -0.2) is 10.9 Å². The zero-order chi connectivity index (χ0) is 15.4. The van der Waals surface area contributed by atoms with Gasteiger partial charge in [-0.1, -0.05) is 18.2 Å². The highest BCUT2D eigenvalue weighted by atomic mass is 16.3. The van der Waals surface area contributed by atoms with E-state index in [1.54, 1.807) is 18.5 Å². The maximum absolute atomic E-state index is 12.0. The molecule has 3 rings (SSSR count). The first kappa shape index (κ1) is 14.1. The monoisotopic (exact) mass is 292 g/mol. The first-order valence-corrected chi connectivity index (χ1v) is 7.09. The Hall–Kier alpha value is -2.88. The van der Waals surface area contributed by atoms with E-state index < -0.39 is 0 Å². The van der Waals surface area contributed by atoms with E-state index in [9.17, 15) is 4.79 Å². The van der Waals surface area contributed by atoms with Gasteiger partial charge in [0.25, 0.3) is 0 Å². The normalized spacial score (nSPS) is 12.6. The minimum atomic E-state index is -0.193. The molecule has 0 aliphatic heterocycles. The van der Waals surface area contributed by atoms with Crippen LogP contribution in [0.2, 0.25) is 0 Å². The van der Waals surface area contributed by atoms with Crippen molar-refractivity contribution >= 4 is 23.0 Å². The van der Waals surface area contributed by atoms with Gasteiger partial charge in [0.2, 0.25) is 5.91 Å². The van der Waals surface area contributed by atoms with Gasteiger partial charge < -0.3 is 9.73 Å². The summed E-state index contributed by atoms with van der Waals surface area (Å²) in [5.74, 6) is 0.580. The van der Waals surface area contributed by atoms with Gasteiger partial charge in [0.05, 0.1) is 6.04 Å². The Labute approximate surface area is 128 Å². The van der Waals surface area contributed by atoms with E-state index in [1.807, 2.05) is 49.4 Å². The number of fused-ring (bicyclic) bond motifs is 1. The summed E-state index contributed by atoms with van der Waals surface area (Å²) in [7, 11) is 0. The van der Waals surface area contributed by atoms with Crippen molar-refractivity contribution in [2.75, 3.05) is 0 Å². The first-order valence-electron chi connectivity index (χ1n) is 7.09. The van der Waals surface area contributed by atoms with Crippen LogP contribution in [0, 0.1) is 0 Å². The summed E-state index contributed by atoms with van der Waals surface area (Å²) in [5, 5.41) is 3.93. The van der Waals surface area contributed by atoms with Crippen LogP contribution in [0.1, 0.15) is 24.3 Å². The van der Waals surface area contributed by atoms with Gasteiger partial charge in [0.1, 0.15) is 11.3 Å². The Kier molecular flexibility index (Phi) is 4.01. The average Bonchev–Trinajstić information content (AvgIpc) is 2.98. The molecule has 2 aromatic heterocycles. The molecule has 1 N–H and O–H groups in total. The zero-order valence-electron chi connectivity index (χ0n) is 12.2. The van der Waals surface area contributed by atoms with E-state index in [4.69, 9.17) is 4.42 Å². The van der Waals surface area contributed by atoms with Gasteiger partial charge in [0.15, 0.2) is 0 Å². The van der Waals surface area contributed by atoms with E-state index in [1.165, 1.54) is 6.08 Å². The Morgan fingerprint density at radius 3 is 2.77 bits per heavy atom. The molecule has 3 aromatic rings. The smallest absolute Gasteiger partial charge is 0.244 e. The largest absolute Gasteiger partial charge is 0.459 e. The summed E-state index contributed by atoms with van der Waals surface area (Å²) >= 11 is 0. The van der Waals surface area contributed by atoms with Crippen molar-refractivity contribution < 1.29 is 9.21 Å². The Morgan fingerprint density at radius 1 is 1.23 bits per heavy atom. The van der Waals surface area contributed by atoms with Crippen molar-refractivity contribution in [3.05, 3.63) is 72.3 Å². The molecule has 1 atom stereocenters. The average molecular weight is 292 g/mol. The van der Waals surface area contributed by atoms with Crippen LogP contribution in [0.3, 0.4) is 0 Å². The molecule has 0 saturated carbocycles. The highest BCUT2D eigenvalue weighted by molar-refractivity contribution is 5.92. The molecule has 0 spiro atoms. The van der Waals surface area contributed by atoms with Gasteiger partial charge in [-0.05, 0) is 42.8 Å². The van der Waals surface area contributed by atoms with Crippen molar-refractivity contribution in [2.24, 2.45) is 0 Å². The Bertz CT molecular complexity index is 773. The van der Waals surface area contributed by atoms with Crippen LogP contribution >= 0.6 is 0 Å². The van der Waals surface area contributed by atoms with E-state index in [2.05, 4.69) is 10.3 Å². The fourth-order valence-corrected chi connectivity index (χ4v) is 2.19. The molecule has 1 amide bonds. The summed E-state index contributed by atoms with van der Waals surface area (Å²) in [4.78, 5) is 15.9. The van der Waals surface area contributed by atoms with Gasteiger partial charge >= 0.3 is 0 Å². The number of rotatable bonds is 4. The number of hydrogen-bond acceptors (Lipinski definition) is 3. The molecule has 2 heterocycles. The number of benzene rings is 1. The quantitative estimate of drug-likeness (QED) is 0.746. The van der Waals surface area contributed by atoms with E-state index in [-0.39, 0.29) is 11.9 Å². The molecule has 0 saturated heterocycles. The van der Waals surface area contributed by atoms with Crippen molar-refractivity contribution in [1.29, 1.82) is 0 Å². The van der Waals surface area contributed by atoms with Gasteiger partial charge in [-0.3, -0.25) is 9.78 Å². The minimum absolute atomic E-state index is 0.162. The molecule has 110 valence electrons. The number of para-hydroxylation sites is 1. The summed E-state index contributed by atoms with van der Waals surface area (Å²) in [6, 6.07) is 13.2. The van der Waals surface area contributed by atoms with E-state index in [0.717, 1.165) is 22.3 Å². The fraction of sp³-hybridized carbons (Fsp3) is 0.111. The van der Waals surface area contributed by atoms with Crippen molar-refractivity contribution in [2.45, 2.75) is 13.0 Å². The van der Waals surface area contributed by atoms with Gasteiger partial charge in [-0.2, -0.15) is 0 Å². The zero-order valence-corrected chi connectivity index (χ0v) is 12.2. The molecule has 0 aliphatic rings. The molecule has 0 aliphatic carbocycles. The van der Waals surface area contributed by atoms with Crippen LogP contribution in [0.5, 0.6) is 0 Å². The number of furan rings is 1. The predicted octanol–water partition coefficient (Wildman–Crippen LogP) is 3.72. The number of pyridine rings is 1. The number of aromatic nitrogens is 1. The molecule has 0 bridgehead atoms. The molecule has 0 radical (unpaired) electrons. The van der Waals surface area contributed by atoms with Crippen LogP contribution < -0.4 is 5.32 Å².